The Morgan fingerprint density at radius 1 is 1.18 bits per heavy atom. The molecule has 0 atom stereocenters. The van der Waals surface area contributed by atoms with Crippen molar-refractivity contribution in [2.75, 3.05) is 18.5 Å². The number of benzene rings is 1. The minimum absolute atomic E-state index is 0.338. The van der Waals surface area contributed by atoms with Crippen LogP contribution in [0.15, 0.2) is 24.3 Å². The predicted octanol–water partition coefficient (Wildman–Crippen LogP) is 2.57. The maximum absolute atomic E-state index is 11.8. The SMILES string of the molecule is CC(C)(C(=O)O)c1ccc(NC(=O)COCC(F)(F)F)cc1. The topological polar surface area (TPSA) is 75.6 Å². The van der Waals surface area contributed by atoms with Crippen LogP contribution >= 0.6 is 0 Å². The lowest BCUT2D eigenvalue weighted by Crippen LogP contribution is -2.28. The van der Waals surface area contributed by atoms with Gasteiger partial charge in [-0.25, -0.2) is 0 Å². The maximum Gasteiger partial charge on any atom is 0.411 e. The molecule has 0 spiro atoms. The Bertz CT molecular complexity index is 538. The van der Waals surface area contributed by atoms with Crippen LogP contribution in [0.2, 0.25) is 0 Å². The van der Waals surface area contributed by atoms with Gasteiger partial charge in [-0.2, -0.15) is 13.2 Å². The van der Waals surface area contributed by atoms with E-state index in [0.29, 0.717) is 11.3 Å². The number of anilines is 1. The molecule has 5 nitrogen and oxygen atoms in total. The van der Waals surface area contributed by atoms with E-state index in [1.165, 1.54) is 38.1 Å². The number of alkyl halides is 3. The summed E-state index contributed by atoms with van der Waals surface area (Å²) in [5.41, 5.74) is -0.213. The van der Waals surface area contributed by atoms with Crippen molar-refractivity contribution in [2.45, 2.75) is 25.4 Å². The van der Waals surface area contributed by atoms with E-state index in [1.54, 1.807) is 0 Å². The van der Waals surface area contributed by atoms with Crippen LogP contribution in [0.25, 0.3) is 0 Å². The van der Waals surface area contributed by atoms with Gasteiger partial charge in [0, 0.05) is 5.69 Å². The van der Waals surface area contributed by atoms with Gasteiger partial charge in [0.25, 0.3) is 0 Å². The number of nitrogens with one attached hydrogen (secondary N) is 1. The number of rotatable bonds is 6. The van der Waals surface area contributed by atoms with Crippen LogP contribution in [-0.2, 0) is 19.7 Å². The number of ether oxygens (including phenoxy) is 1. The Hall–Kier alpha value is -2.09. The number of carboxylic acid groups (broad SMARTS) is 1. The summed E-state index contributed by atoms with van der Waals surface area (Å²) in [6.45, 7) is 0.857. The molecule has 0 saturated heterocycles. The fourth-order valence-corrected chi connectivity index (χ4v) is 1.55. The van der Waals surface area contributed by atoms with Gasteiger partial charge in [-0.3, -0.25) is 9.59 Å². The molecule has 0 radical (unpaired) electrons. The molecule has 0 bridgehead atoms. The second-order valence-electron chi connectivity index (χ2n) is 5.16. The molecule has 22 heavy (non-hydrogen) atoms. The first kappa shape index (κ1) is 18.0. The van der Waals surface area contributed by atoms with E-state index in [1.807, 2.05) is 0 Å². The first-order chi connectivity index (χ1) is 10.0. The summed E-state index contributed by atoms with van der Waals surface area (Å²) >= 11 is 0. The van der Waals surface area contributed by atoms with E-state index in [0.717, 1.165) is 0 Å². The van der Waals surface area contributed by atoms with Gasteiger partial charge in [-0.1, -0.05) is 12.1 Å². The van der Waals surface area contributed by atoms with E-state index in [4.69, 9.17) is 5.11 Å². The summed E-state index contributed by atoms with van der Waals surface area (Å²) in [4.78, 5) is 22.5. The third-order valence-electron chi connectivity index (χ3n) is 2.92. The molecule has 0 aliphatic rings. The Labute approximate surface area is 125 Å². The summed E-state index contributed by atoms with van der Waals surface area (Å²) in [5.74, 6) is -1.72. The third kappa shape index (κ3) is 5.36. The highest BCUT2D eigenvalue weighted by Crippen LogP contribution is 2.24. The number of aliphatic carboxylic acids is 1. The van der Waals surface area contributed by atoms with Gasteiger partial charge in [0.1, 0.15) is 13.2 Å². The van der Waals surface area contributed by atoms with Gasteiger partial charge < -0.3 is 15.2 Å². The molecule has 0 saturated carbocycles. The summed E-state index contributed by atoms with van der Waals surface area (Å²) in [6, 6.07) is 6.00. The largest absolute Gasteiger partial charge is 0.481 e. The van der Waals surface area contributed by atoms with Crippen LogP contribution in [-0.4, -0.2) is 36.4 Å². The molecule has 1 rings (SSSR count). The van der Waals surface area contributed by atoms with Crippen LogP contribution in [0, 0.1) is 0 Å². The zero-order valence-electron chi connectivity index (χ0n) is 12.0. The highest BCUT2D eigenvalue weighted by atomic mass is 19.4. The summed E-state index contributed by atoms with van der Waals surface area (Å²) < 4.78 is 39.8. The van der Waals surface area contributed by atoms with E-state index in [9.17, 15) is 22.8 Å². The van der Waals surface area contributed by atoms with Gasteiger partial charge >= 0.3 is 12.1 Å². The molecule has 1 aromatic rings. The van der Waals surface area contributed by atoms with Crippen molar-refractivity contribution in [3.8, 4) is 0 Å². The van der Waals surface area contributed by atoms with Crippen LogP contribution in [0.4, 0.5) is 18.9 Å². The van der Waals surface area contributed by atoms with Gasteiger partial charge in [0.15, 0.2) is 0 Å². The molecule has 0 aliphatic carbocycles. The maximum atomic E-state index is 11.8. The van der Waals surface area contributed by atoms with Gasteiger partial charge in [0.05, 0.1) is 5.41 Å². The highest BCUT2D eigenvalue weighted by molar-refractivity contribution is 5.91. The zero-order chi connectivity index (χ0) is 17.0. The van der Waals surface area contributed by atoms with Gasteiger partial charge in [-0.05, 0) is 31.5 Å². The van der Waals surface area contributed by atoms with Crippen LogP contribution in [0.3, 0.4) is 0 Å². The van der Waals surface area contributed by atoms with Crippen molar-refractivity contribution in [1.29, 1.82) is 0 Å². The molecule has 8 heteroatoms. The Kier molecular flexibility index (Phi) is 5.54. The number of carbonyl (C=O) groups excluding carboxylic acids is 1. The predicted molar refractivity (Wildman–Crippen MR) is 72.6 cm³/mol. The first-order valence-electron chi connectivity index (χ1n) is 6.30. The number of halogens is 3. The number of hydrogen-bond acceptors (Lipinski definition) is 3. The van der Waals surface area contributed by atoms with E-state index in [2.05, 4.69) is 10.1 Å². The Balaban J connectivity index is 2.58. The molecular weight excluding hydrogens is 303 g/mol. The number of carboxylic acids is 1. The molecule has 122 valence electrons. The van der Waals surface area contributed by atoms with Crippen molar-refractivity contribution < 1.29 is 32.6 Å². The molecule has 0 aromatic heterocycles. The monoisotopic (exact) mass is 319 g/mol. The lowest BCUT2D eigenvalue weighted by Gasteiger charge is -2.19. The lowest BCUT2D eigenvalue weighted by molar-refractivity contribution is -0.174. The van der Waals surface area contributed by atoms with Crippen molar-refractivity contribution in [3.05, 3.63) is 29.8 Å². The summed E-state index contributed by atoms with van der Waals surface area (Å²) in [6.07, 6.45) is -4.48. The zero-order valence-corrected chi connectivity index (χ0v) is 12.0. The summed E-state index contributed by atoms with van der Waals surface area (Å²) in [7, 11) is 0. The molecule has 1 aromatic carbocycles. The molecular formula is C14H16F3NO4. The van der Waals surface area contributed by atoms with Crippen molar-refractivity contribution in [2.24, 2.45) is 0 Å². The normalized spacial score (nSPS) is 12.0. The third-order valence-corrected chi connectivity index (χ3v) is 2.92. The minimum atomic E-state index is -4.48. The first-order valence-corrected chi connectivity index (χ1v) is 6.30. The highest BCUT2D eigenvalue weighted by Gasteiger charge is 2.29. The van der Waals surface area contributed by atoms with E-state index < -0.39 is 36.7 Å². The standard InChI is InChI=1S/C14H16F3NO4/c1-13(2,12(20)21)9-3-5-10(6-4-9)18-11(19)7-22-8-14(15,16)17/h3-6H,7-8H2,1-2H3,(H,18,19)(H,20,21). The molecule has 0 heterocycles. The quantitative estimate of drug-likeness (QED) is 0.845. The smallest absolute Gasteiger partial charge is 0.411 e. The van der Waals surface area contributed by atoms with Crippen LogP contribution in [0.1, 0.15) is 19.4 Å². The number of hydrogen-bond donors (Lipinski definition) is 2. The van der Waals surface area contributed by atoms with E-state index >= 15 is 0 Å². The van der Waals surface area contributed by atoms with E-state index in [-0.39, 0.29) is 0 Å². The average Bonchev–Trinajstić information content (AvgIpc) is 2.37. The lowest BCUT2D eigenvalue weighted by atomic mass is 9.85. The van der Waals surface area contributed by atoms with Gasteiger partial charge in [-0.15, -0.1) is 0 Å². The minimum Gasteiger partial charge on any atom is -0.481 e. The summed E-state index contributed by atoms with van der Waals surface area (Å²) in [5, 5.41) is 11.5. The molecule has 0 unspecified atom stereocenters. The second kappa shape index (κ2) is 6.78. The van der Waals surface area contributed by atoms with Crippen molar-refractivity contribution in [3.63, 3.8) is 0 Å². The second-order valence-corrected chi connectivity index (χ2v) is 5.16. The molecule has 2 N–H and O–H groups in total. The van der Waals surface area contributed by atoms with Gasteiger partial charge in [0.2, 0.25) is 5.91 Å². The Morgan fingerprint density at radius 2 is 1.73 bits per heavy atom. The number of amides is 1. The Morgan fingerprint density at radius 3 is 2.18 bits per heavy atom. The fourth-order valence-electron chi connectivity index (χ4n) is 1.55. The molecule has 1 amide bonds. The van der Waals surface area contributed by atoms with Crippen LogP contribution < -0.4 is 5.32 Å². The van der Waals surface area contributed by atoms with Crippen molar-refractivity contribution in [1.82, 2.24) is 0 Å². The van der Waals surface area contributed by atoms with Crippen LogP contribution in [0.5, 0.6) is 0 Å². The number of carbonyl (C=O) groups is 2. The van der Waals surface area contributed by atoms with Crippen molar-refractivity contribution >= 4 is 17.6 Å². The molecule has 0 fully saturated rings. The average molecular weight is 319 g/mol. The molecule has 0 aliphatic heterocycles. The fraction of sp³-hybridized carbons (Fsp3) is 0.429.